The van der Waals surface area contributed by atoms with Crippen molar-refractivity contribution in [2.24, 2.45) is 0 Å². The number of nitrogens with two attached hydrogens (primary N) is 1. The number of rotatable bonds is 3. The van der Waals surface area contributed by atoms with Crippen LogP contribution in [0.1, 0.15) is 5.56 Å². The number of nitrogens with zero attached hydrogens (tertiary/aromatic N) is 1. The van der Waals surface area contributed by atoms with Crippen molar-refractivity contribution in [3.63, 3.8) is 0 Å². The third kappa shape index (κ3) is 3.17. The zero-order valence-corrected chi connectivity index (χ0v) is 10.4. The number of pyridine rings is 1. The van der Waals surface area contributed by atoms with Crippen LogP contribution >= 0.6 is 15.9 Å². The molecule has 3 nitrogen and oxygen atoms in total. The third-order valence-electron chi connectivity index (χ3n) is 2.14. The molecule has 0 saturated carbocycles. The lowest BCUT2D eigenvalue weighted by Gasteiger charge is -2.07. The van der Waals surface area contributed by atoms with E-state index in [2.05, 4.69) is 20.9 Å². The summed E-state index contributed by atoms with van der Waals surface area (Å²) in [7, 11) is 0. The lowest BCUT2D eigenvalue weighted by Crippen LogP contribution is -1.97. The number of aromatic nitrogens is 1. The fourth-order valence-electron chi connectivity index (χ4n) is 1.30. The molecule has 2 N–H and O–H groups in total. The Kier molecular flexibility index (Phi) is 3.58. The Morgan fingerprint density at radius 3 is 2.82 bits per heavy atom. The Balaban J connectivity index is 2.05. The minimum absolute atomic E-state index is 0.112. The first-order chi connectivity index (χ1) is 8.15. The van der Waals surface area contributed by atoms with Gasteiger partial charge in [0.25, 0.3) is 0 Å². The SMILES string of the molecule is Nc1ccc(OCc2cncc(Br)c2)cc1F. The van der Waals surface area contributed by atoms with E-state index >= 15 is 0 Å². The molecule has 1 aromatic heterocycles. The van der Waals surface area contributed by atoms with Crippen LogP contribution in [0.15, 0.2) is 41.1 Å². The molecule has 0 radical (unpaired) electrons. The van der Waals surface area contributed by atoms with Gasteiger partial charge >= 0.3 is 0 Å². The lowest BCUT2D eigenvalue weighted by atomic mass is 10.3. The summed E-state index contributed by atoms with van der Waals surface area (Å²) in [5.41, 5.74) is 6.38. The zero-order chi connectivity index (χ0) is 12.3. The second-order valence-electron chi connectivity index (χ2n) is 3.48. The Bertz CT molecular complexity index is 534. The molecule has 0 aliphatic carbocycles. The summed E-state index contributed by atoms with van der Waals surface area (Å²) in [4.78, 5) is 4.01. The topological polar surface area (TPSA) is 48.1 Å². The molecular weight excluding hydrogens is 287 g/mol. The Labute approximate surface area is 107 Å². The van der Waals surface area contributed by atoms with Crippen molar-refractivity contribution in [3.05, 3.63) is 52.5 Å². The molecule has 0 aliphatic heterocycles. The molecule has 0 aliphatic rings. The quantitative estimate of drug-likeness (QED) is 0.885. The van der Waals surface area contributed by atoms with Crippen LogP contribution < -0.4 is 10.5 Å². The van der Waals surface area contributed by atoms with Gasteiger partial charge < -0.3 is 10.5 Å². The van der Waals surface area contributed by atoms with E-state index in [1.807, 2.05) is 6.07 Å². The van der Waals surface area contributed by atoms with Crippen LogP contribution in [0.3, 0.4) is 0 Å². The number of hydrogen-bond donors (Lipinski definition) is 1. The fourth-order valence-corrected chi connectivity index (χ4v) is 1.71. The van der Waals surface area contributed by atoms with Crippen LogP contribution in [-0.2, 0) is 6.61 Å². The average Bonchev–Trinajstić information content (AvgIpc) is 2.31. The molecule has 1 aromatic carbocycles. The molecule has 88 valence electrons. The predicted octanol–water partition coefficient (Wildman–Crippen LogP) is 3.14. The van der Waals surface area contributed by atoms with Gasteiger partial charge in [0.1, 0.15) is 18.2 Å². The van der Waals surface area contributed by atoms with Gasteiger partial charge in [-0.1, -0.05) is 0 Å². The van der Waals surface area contributed by atoms with Crippen molar-refractivity contribution < 1.29 is 9.13 Å². The van der Waals surface area contributed by atoms with Crippen molar-refractivity contribution in [3.8, 4) is 5.75 Å². The molecule has 0 atom stereocenters. The summed E-state index contributed by atoms with van der Waals surface area (Å²) in [6, 6.07) is 6.26. The Morgan fingerprint density at radius 1 is 1.29 bits per heavy atom. The van der Waals surface area contributed by atoms with Crippen molar-refractivity contribution in [1.82, 2.24) is 4.98 Å². The molecule has 0 fully saturated rings. The van der Waals surface area contributed by atoms with E-state index in [9.17, 15) is 4.39 Å². The molecule has 0 bridgehead atoms. The molecule has 0 unspecified atom stereocenters. The number of anilines is 1. The van der Waals surface area contributed by atoms with E-state index in [1.54, 1.807) is 18.5 Å². The maximum atomic E-state index is 13.1. The standard InChI is InChI=1S/C12H10BrFN2O/c13-9-3-8(5-16-6-9)7-17-10-1-2-12(15)11(14)4-10/h1-6H,7,15H2. The van der Waals surface area contributed by atoms with Gasteiger partial charge in [0, 0.05) is 28.5 Å². The van der Waals surface area contributed by atoms with Gasteiger partial charge in [0.05, 0.1) is 5.69 Å². The van der Waals surface area contributed by atoms with Gasteiger partial charge in [0.2, 0.25) is 0 Å². The fraction of sp³-hybridized carbons (Fsp3) is 0.0833. The molecule has 2 rings (SSSR count). The molecule has 0 spiro atoms. The highest BCUT2D eigenvalue weighted by Crippen LogP contribution is 2.19. The number of nitrogen functional groups attached to an aromatic ring is 1. The normalized spacial score (nSPS) is 10.2. The first kappa shape index (κ1) is 11.9. The minimum Gasteiger partial charge on any atom is -0.489 e. The molecule has 2 aromatic rings. The summed E-state index contributed by atoms with van der Waals surface area (Å²) >= 11 is 3.31. The summed E-state index contributed by atoms with van der Waals surface area (Å²) < 4.78 is 19.4. The van der Waals surface area contributed by atoms with Crippen molar-refractivity contribution >= 4 is 21.6 Å². The Morgan fingerprint density at radius 2 is 2.12 bits per heavy atom. The number of halogens is 2. The molecule has 17 heavy (non-hydrogen) atoms. The second-order valence-corrected chi connectivity index (χ2v) is 4.40. The molecule has 5 heteroatoms. The summed E-state index contributed by atoms with van der Waals surface area (Å²) in [5.74, 6) is -0.0356. The zero-order valence-electron chi connectivity index (χ0n) is 8.86. The van der Waals surface area contributed by atoms with Crippen LogP contribution in [0, 0.1) is 5.82 Å². The third-order valence-corrected chi connectivity index (χ3v) is 2.57. The van der Waals surface area contributed by atoms with Gasteiger partial charge in [-0.3, -0.25) is 4.98 Å². The highest BCUT2D eigenvalue weighted by atomic mass is 79.9. The van der Waals surface area contributed by atoms with Crippen molar-refractivity contribution in [1.29, 1.82) is 0 Å². The largest absolute Gasteiger partial charge is 0.489 e. The molecule has 1 heterocycles. The predicted molar refractivity (Wildman–Crippen MR) is 67.1 cm³/mol. The van der Waals surface area contributed by atoms with E-state index in [4.69, 9.17) is 10.5 Å². The first-order valence-corrected chi connectivity index (χ1v) is 5.72. The maximum Gasteiger partial charge on any atom is 0.149 e. The van der Waals surface area contributed by atoms with Crippen LogP contribution in [0.5, 0.6) is 5.75 Å². The van der Waals surface area contributed by atoms with E-state index < -0.39 is 5.82 Å². The first-order valence-electron chi connectivity index (χ1n) is 4.92. The molecule has 0 amide bonds. The van der Waals surface area contributed by atoms with Crippen LogP contribution in [0.25, 0.3) is 0 Å². The van der Waals surface area contributed by atoms with Crippen LogP contribution in [-0.4, -0.2) is 4.98 Å². The maximum absolute atomic E-state index is 13.1. The van der Waals surface area contributed by atoms with Gasteiger partial charge in [0.15, 0.2) is 0 Å². The van der Waals surface area contributed by atoms with Gasteiger partial charge in [-0.2, -0.15) is 0 Å². The van der Waals surface area contributed by atoms with Crippen LogP contribution in [0.2, 0.25) is 0 Å². The minimum atomic E-state index is -0.477. The van der Waals surface area contributed by atoms with Gasteiger partial charge in [-0.25, -0.2) is 4.39 Å². The highest BCUT2D eigenvalue weighted by Gasteiger charge is 2.02. The van der Waals surface area contributed by atoms with E-state index in [0.29, 0.717) is 12.4 Å². The number of hydrogen-bond acceptors (Lipinski definition) is 3. The number of ether oxygens (including phenoxy) is 1. The van der Waals surface area contributed by atoms with E-state index in [-0.39, 0.29) is 5.69 Å². The van der Waals surface area contributed by atoms with Crippen molar-refractivity contribution in [2.75, 3.05) is 5.73 Å². The summed E-state index contributed by atoms with van der Waals surface area (Å²) in [6.45, 7) is 0.329. The smallest absolute Gasteiger partial charge is 0.149 e. The van der Waals surface area contributed by atoms with E-state index in [0.717, 1.165) is 10.0 Å². The monoisotopic (exact) mass is 296 g/mol. The van der Waals surface area contributed by atoms with Crippen molar-refractivity contribution in [2.45, 2.75) is 6.61 Å². The van der Waals surface area contributed by atoms with Crippen LogP contribution in [0.4, 0.5) is 10.1 Å². The molecular formula is C12H10BrFN2O. The number of benzene rings is 1. The average molecular weight is 297 g/mol. The van der Waals surface area contributed by atoms with Gasteiger partial charge in [-0.15, -0.1) is 0 Å². The summed E-state index contributed by atoms with van der Waals surface area (Å²) in [5, 5.41) is 0. The Hall–Kier alpha value is -1.62. The summed E-state index contributed by atoms with van der Waals surface area (Å²) in [6.07, 6.45) is 3.38. The highest BCUT2D eigenvalue weighted by molar-refractivity contribution is 9.10. The van der Waals surface area contributed by atoms with E-state index in [1.165, 1.54) is 12.1 Å². The van der Waals surface area contributed by atoms with Gasteiger partial charge in [-0.05, 0) is 34.1 Å². The second kappa shape index (κ2) is 5.14. The lowest BCUT2D eigenvalue weighted by molar-refractivity contribution is 0.304. The molecule has 0 saturated heterocycles.